The summed E-state index contributed by atoms with van der Waals surface area (Å²) >= 11 is 0. The Hall–Kier alpha value is -0.730. The van der Waals surface area contributed by atoms with Crippen molar-refractivity contribution in [3.63, 3.8) is 0 Å². The molecule has 0 bridgehead atoms. The van der Waals surface area contributed by atoms with Crippen molar-refractivity contribution in [1.82, 2.24) is 9.80 Å². The van der Waals surface area contributed by atoms with Gasteiger partial charge in [-0.1, -0.05) is 19.8 Å². The SMILES string of the molecule is CCCCN1CC(O)C(O)C(O)C1(C(=O)O)N1CCCCC1. The fraction of sp³-hybridized carbons (Fsp3) is 0.933. The average molecular weight is 316 g/mol. The number of piperidine rings is 2. The Morgan fingerprint density at radius 1 is 1.18 bits per heavy atom. The van der Waals surface area contributed by atoms with E-state index in [1.807, 2.05) is 6.92 Å². The van der Waals surface area contributed by atoms with Gasteiger partial charge >= 0.3 is 5.97 Å². The summed E-state index contributed by atoms with van der Waals surface area (Å²) in [5.41, 5.74) is -1.64. The van der Waals surface area contributed by atoms with E-state index in [-0.39, 0.29) is 6.54 Å². The van der Waals surface area contributed by atoms with Crippen molar-refractivity contribution >= 4 is 5.97 Å². The molecule has 4 N–H and O–H groups in total. The van der Waals surface area contributed by atoms with Crippen molar-refractivity contribution in [2.24, 2.45) is 0 Å². The third kappa shape index (κ3) is 2.88. The van der Waals surface area contributed by atoms with Gasteiger partial charge in [0.2, 0.25) is 5.66 Å². The van der Waals surface area contributed by atoms with Crippen LogP contribution in [0.3, 0.4) is 0 Å². The van der Waals surface area contributed by atoms with E-state index in [0.29, 0.717) is 19.6 Å². The van der Waals surface area contributed by atoms with E-state index in [1.54, 1.807) is 9.80 Å². The Balaban J connectivity index is 2.39. The lowest BCUT2D eigenvalue weighted by molar-refractivity contribution is -0.237. The van der Waals surface area contributed by atoms with E-state index in [9.17, 15) is 25.2 Å². The van der Waals surface area contributed by atoms with Crippen LogP contribution in [0.1, 0.15) is 39.0 Å². The fourth-order valence-corrected chi connectivity index (χ4v) is 3.74. The maximum absolute atomic E-state index is 12.2. The van der Waals surface area contributed by atoms with Crippen LogP contribution in [0.25, 0.3) is 0 Å². The van der Waals surface area contributed by atoms with E-state index in [4.69, 9.17) is 0 Å². The maximum atomic E-state index is 12.2. The minimum atomic E-state index is -1.64. The highest BCUT2D eigenvalue weighted by Crippen LogP contribution is 2.35. The standard InChI is InChI=1S/C15H28N2O5/c1-2-3-7-17-10-11(18)12(19)13(20)15(17,14(21)22)16-8-5-4-6-9-16/h11-13,18-20H,2-10H2,1H3,(H,21,22). The van der Waals surface area contributed by atoms with Gasteiger partial charge in [-0.2, -0.15) is 0 Å². The predicted octanol–water partition coefficient (Wildman–Crippen LogP) is -0.548. The highest BCUT2D eigenvalue weighted by molar-refractivity contribution is 5.79. The number of rotatable bonds is 5. The number of aliphatic carboxylic acids is 1. The van der Waals surface area contributed by atoms with Gasteiger partial charge in [-0.15, -0.1) is 0 Å². The molecule has 7 heteroatoms. The number of carboxylic acid groups (broad SMARTS) is 1. The van der Waals surface area contributed by atoms with E-state index in [0.717, 1.165) is 32.1 Å². The third-order valence-corrected chi connectivity index (χ3v) is 4.95. The van der Waals surface area contributed by atoms with Crippen molar-refractivity contribution in [2.45, 2.75) is 63.0 Å². The maximum Gasteiger partial charge on any atom is 0.342 e. The lowest BCUT2D eigenvalue weighted by atomic mass is 9.84. The molecule has 2 aliphatic rings. The molecule has 0 radical (unpaired) electrons. The lowest BCUT2D eigenvalue weighted by Crippen LogP contribution is -2.79. The number of hydrogen-bond acceptors (Lipinski definition) is 6. The molecule has 2 heterocycles. The topological polar surface area (TPSA) is 104 Å². The summed E-state index contributed by atoms with van der Waals surface area (Å²) in [5.74, 6) is -1.15. The number of carbonyl (C=O) groups is 1. The summed E-state index contributed by atoms with van der Waals surface area (Å²) in [5, 5.41) is 40.6. The van der Waals surface area contributed by atoms with Gasteiger partial charge in [-0.25, -0.2) is 4.79 Å². The van der Waals surface area contributed by atoms with Crippen LogP contribution in [0.2, 0.25) is 0 Å². The Kier molecular flexibility index (Phi) is 5.79. The van der Waals surface area contributed by atoms with Crippen molar-refractivity contribution in [3.8, 4) is 0 Å². The molecule has 0 aromatic rings. The molecule has 2 aliphatic heterocycles. The van der Waals surface area contributed by atoms with Gasteiger partial charge in [-0.05, 0) is 19.3 Å². The zero-order valence-corrected chi connectivity index (χ0v) is 13.2. The van der Waals surface area contributed by atoms with Crippen molar-refractivity contribution in [1.29, 1.82) is 0 Å². The molecule has 22 heavy (non-hydrogen) atoms. The second kappa shape index (κ2) is 7.23. The molecule has 4 unspecified atom stereocenters. The van der Waals surface area contributed by atoms with E-state index >= 15 is 0 Å². The Morgan fingerprint density at radius 2 is 1.82 bits per heavy atom. The van der Waals surface area contributed by atoms with Crippen LogP contribution in [-0.2, 0) is 4.79 Å². The number of hydrogen-bond donors (Lipinski definition) is 4. The van der Waals surface area contributed by atoms with E-state index in [1.165, 1.54) is 0 Å². The monoisotopic (exact) mass is 316 g/mol. The molecule has 0 amide bonds. The van der Waals surface area contributed by atoms with E-state index in [2.05, 4.69) is 0 Å². The summed E-state index contributed by atoms with van der Waals surface area (Å²) in [4.78, 5) is 15.6. The van der Waals surface area contributed by atoms with Gasteiger partial charge < -0.3 is 20.4 Å². The first-order valence-electron chi connectivity index (χ1n) is 8.24. The molecular formula is C15H28N2O5. The first kappa shape index (κ1) is 17.6. The number of β-amino-alcohol motifs (C(OH)–C–C–N with tert-alkyl or cyclic N) is 1. The molecule has 7 nitrogen and oxygen atoms in total. The first-order valence-corrected chi connectivity index (χ1v) is 8.24. The molecule has 4 atom stereocenters. The first-order chi connectivity index (χ1) is 10.5. The van der Waals surface area contributed by atoms with Crippen molar-refractivity contribution in [3.05, 3.63) is 0 Å². The van der Waals surface area contributed by atoms with Crippen molar-refractivity contribution < 1.29 is 25.2 Å². The van der Waals surface area contributed by atoms with E-state index < -0.39 is 29.9 Å². The number of unbranched alkanes of at least 4 members (excludes halogenated alkanes) is 1. The van der Waals surface area contributed by atoms with Gasteiger partial charge in [-0.3, -0.25) is 9.80 Å². The normalized spacial score (nSPS) is 38.1. The van der Waals surface area contributed by atoms with Crippen molar-refractivity contribution in [2.75, 3.05) is 26.2 Å². The Morgan fingerprint density at radius 3 is 2.36 bits per heavy atom. The molecule has 0 aromatic carbocycles. The molecular weight excluding hydrogens is 288 g/mol. The molecule has 2 saturated heterocycles. The van der Waals surface area contributed by atoms with Crippen LogP contribution in [0.5, 0.6) is 0 Å². The lowest BCUT2D eigenvalue weighted by Gasteiger charge is -2.56. The number of aliphatic hydroxyl groups is 3. The highest BCUT2D eigenvalue weighted by Gasteiger charge is 2.61. The van der Waals surface area contributed by atoms with Crippen LogP contribution in [0.4, 0.5) is 0 Å². The van der Waals surface area contributed by atoms with Gasteiger partial charge in [0.25, 0.3) is 0 Å². The number of likely N-dealkylation sites (tertiary alicyclic amines) is 2. The van der Waals surface area contributed by atoms with Crippen LogP contribution < -0.4 is 0 Å². The molecule has 0 spiro atoms. The van der Waals surface area contributed by atoms with Gasteiger partial charge in [0.15, 0.2) is 0 Å². The summed E-state index contributed by atoms with van der Waals surface area (Å²) in [7, 11) is 0. The minimum Gasteiger partial charge on any atom is -0.479 e. The zero-order valence-electron chi connectivity index (χ0n) is 13.2. The predicted molar refractivity (Wildman–Crippen MR) is 80.3 cm³/mol. The van der Waals surface area contributed by atoms with Gasteiger partial charge in [0, 0.05) is 26.2 Å². The van der Waals surface area contributed by atoms with Crippen LogP contribution in [0, 0.1) is 0 Å². The molecule has 0 aromatic heterocycles. The summed E-state index contributed by atoms with van der Waals surface area (Å²) in [6.07, 6.45) is 0.343. The second-order valence-corrected chi connectivity index (χ2v) is 6.38. The largest absolute Gasteiger partial charge is 0.479 e. The molecule has 2 rings (SSSR count). The zero-order chi connectivity index (χ0) is 16.3. The number of carboxylic acids is 1. The fourth-order valence-electron chi connectivity index (χ4n) is 3.74. The van der Waals surface area contributed by atoms with Crippen LogP contribution in [-0.4, -0.2) is 86.3 Å². The average Bonchev–Trinajstić information content (AvgIpc) is 2.51. The number of aliphatic hydroxyl groups excluding tert-OH is 3. The summed E-state index contributed by atoms with van der Waals surface area (Å²) in [6, 6.07) is 0. The molecule has 128 valence electrons. The smallest absolute Gasteiger partial charge is 0.342 e. The van der Waals surface area contributed by atoms with Crippen LogP contribution in [0.15, 0.2) is 0 Å². The third-order valence-electron chi connectivity index (χ3n) is 4.95. The van der Waals surface area contributed by atoms with Gasteiger partial charge in [0.1, 0.15) is 12.2 Å². The van der Waals surface area contributed by atoms with Crippen LogP contribution >= 0.6 is 0 Å². The summed E-state index contributed by atoms with van der Waals surface area (Å²) < 4.78 is 0. The summed E-state index contributed by atoms with van der Waals surface area (Å²) in [6.45, 7) is 3.69. The minimum absolute atomic E-state index is 0.0566. The number of nitrogens with zero attached hydrogens (tertiary/aromatic N) is 2. The Labute approximate surface area is 131 Å². The quantitative estimate of drug-likeness (QED) is 0.539. The van der Waals surface area contributed by atoms with Gasteiger partial charge in [0.05, 0.1) is 6.10 Å². The Bertz CT molecular complexity index is 384. The highest BCUT2D eigenvalue weighted by atomic mass is 16.4. The molecule has 2 fully saturated rings. The second-order valence-electron chi connectivity index (χ2n) is 6.38. The molecule has 0 aliphatic carbocycles. The molecule has 0 saturated carbocycles.